The normalized spacial score (nSPS) is 11.3. The maximum absolute atomic E-state index is 5.43. The van der Waals surface area contributed by atoms with E-state index in [2.05, 4.69) is 282 Å². The largest absolute Gasteiger partial charge is 1.00 e. The Morgan fingerprint density at radius 3 is 1.18 bits per heavy atom. The van der Waals surface area contributed by atoms with Crippen LogP contribution >= 0.6 is 112 Å². The van der Waals surface area contributed by atoms with Gasteiger partial charge in [-0.2, -0.15) is 6.42 Å². The van der Waals surface area contributed by atoms with Crippen LogP contribution in [0, 0.1) is 13.8 Å². The summed E-state index contributed by atoms with van der Waals surface area (Å²) in [6.07, 6.45) is 36.5. The minimum absolute atomic E-state index is 0. The molecule has 0 unspecified atom stereocenters. The van der Waals surface area contributed by atoms with Crippen LogP contribution in [0.5, 0.6) is 0 Å². The van der Waals surface area contributed by atoms with Crippen LogP contribution < -0.4 is 44.1 Å². The average molecular weight is 1620 g/mol. The minimum Gasteiger partial charge on any atom is -0.343 e. The molecule has 2 aliphatic heterocycles. The van der Waals surface area contributed by atoms with E-state index in [4.69, 9.17) is 22.2 Å². The van der Waals surface area contributed by atoms with Crippen LogP contribution in [0.4, 0.5) is 0 Å². The fourth-order valence-electron chi connectivity index (χ4n) is 11.0. The predicted molar refractivity (Wildman–Crippen MR) is 491 cm³/mol. The van der Waals surface area contributed by atoms with Crippen molar-refractivity contribution >= 4 is 188 Å². The summed E-state index contributed by atoms with van der Waals surface area (Å²) in [6.45, 7) is 39.2. The molecule has 539 valence electrons. The van der Waals surface area contributed by atoms with Crippen molar-refractivity contribution in [2.24, 2.45) is 4.30 Å². The summed E-state index contributed by atoms with van der Waals surface area (Å²) in [5.74, 6) is 0. The van der Waals surface area contributed by atoms with Crippen molar-refractivity contribution in [3.8, 4) is 19.5 Å². The van der Waals surface area contributed by atoms with Crippen molar-refractivity contribution in [3.05, 3.63) is 169 Å². The maximum atomic E-state index is 5.43. The van der Waals surface area contributed by atoms with Gasteiger partial charge in [-0.15, -0.1) is 67.5 Å². The van der Waals surface area contributed by atoms with Crippen LogP contribution in [0.1, 0.15) is 223 Å². The van der Waals surface area contributed by atoms with Gasteiger partial charge in [0.25, 0.3) is 0 Å². The van der Waals surface area contributed by atoms with Crippen molar-refractivity contribution in [2.75, 3.05) is 0 Å². The molecule has 94 heavy (non-hydrogen) atoms. The second-order valence-electron chi connectivity index (χ2n) is 25.0. The summed E-state index contributed by atoms with van der Waals surface area (Å²) in [5.41, 5.74) is 60.3. The fraction of sp³-hybridized carbons (Fsp3) is 0.474. The smallest absolute Gasteiger partial charge is 0.343 e. The average Bonchev–Trinajstić information content (AvgIpc) is 1.55. The molecular formula is C78H144BBr2Cl2LiNS5Si4. The van der Waals surface area contributed by atoms with Crippen molar-refractivity contribution < 1.29 is 53.1 Å². The van der Waals surface area contributed by atoms with Crippen LogP contribution in [0.3, 0.4) is 0 Å². The number of thiol groups is 1. The molecule has 6 heterocycles. The monoisotopic (exact) mass is 1610 g/mol. The minimum atomic E-state index is -1.85. The molecule has 1 radical (unpaired) electrons. The van der Waals surface area contributed by atoms with Crippen molar-refractivity contribution in [1.29, 1.82) is 0 Å². The summed E-state index contributed by atoms with van der Waals surface area (Å²) in [4.78, 5) is 7.42. The summed E-state index contributed by atoms with van der Waals surface area (Å²) in [5, 5.41) is 6.51. The van der Waals surface area contributed by atoms with E-state index in [9.17, 15) is 0 Å². The Hall–Kier alpha value is -2.90. The second-order valence-corrected chi connectivity index (χ2v) is 55.0. The molecule has 4 aromatic rings. The number of nitrogens with zero attached hydrogens (tertiary/aromatic N) is 1. The quantitative estimate of drug-likeness (QED) is 0.0161. The molecule has 1 nitrogen and oxygen atoms in total. The standard InChI is InChI=1S/C38H46S2Si2.C34H34Br2S2Si.C4H9.C2H6Cl2Si.BHNS.Li.24H2/c1-9-11-13-15-17-19-21-23-25-27-29-32-31(3)39-34-35-37(42(7,8)36(32)34)33(38(40-35)41(4,5)6)30-28-26-24-22-20-18-16-14-12-10-2;1-5-7-9-11-13-15-17-19-21-23-25-27-31-29(37-33(27)35)30-32(39(31,3)4)28(34(36)38-30)26-24-22-20-18-16-14-12-10-8-6-2;1-3-4-2;1-5(2,3)4;1-2-3;;;;;;;;;;;;;;;;;;;;;;;;;/h29H,1,10,12,14,16,18,20,22,24,26,28,30H2,2-8H3;25H,1,6,8,10,12,14,16,18,20,22,24,26H2,2-4H3;1,3-4H2,2H3;1-2H3;3H;;24*1H/q;;-1;;;+1;;;;;;;;;;;;;;;;;;;;;;;;. The van der Waals surface area contributed by atoms with Crippen molar-refractivity contribution in [1.82, 2.24) is 0 Å². The molecular weight excluding hydrogens is 1470 g/mol. The van der Waals surface area contributed by atoms with Gasteiger partial charge in [-0.25, -0.2) is 0 Å². The van der Waals surface area contributed by atoms with Gasteiger partial charge < -0.3 is 6.92 Å². The third-order valence-corrected chi connectivity index (χ3v) is 33.2. The number of hydrogen-bond acceptors (Lipinski definition) is 6. The van der Waals surface area contributed by atoms with E-state index in [0.29, 0.717) is 0 Å². The van der Waals surface area contributed by atoms with Gasteiger partial charge in [0, 0.05) is 64.2 Å². The van der Waals surface area contributed by atoms with Crippen molar-refractivity contribution in [2.45, 2.75) is 241 Å². The Bertz CT molecular complexity index is 4040. The molecule has 0 aliphatic carbocycles. The Kier molecular flexibility index (Phi) is 47.0. The first kappa shape index (κ1) is 89.1. The Morgan fingerprint density at radius 2 is 0.798 bits per heavy atom. The predicted octanol–water partition coefficient (Wildman–Crippen LogP) is 27.8. The SMILES string of the molecule is C=C=C=C=C=C=C=C=C=C=C=Cc1c(Br)sc2c1[Si](C)(C)c1c-2sc(Br)c1CCCCCCCCCCCC.C=C=C=C=C=C=C=C=C=C=C=Cc1c(C)sc2c1[Si](C)(C)c1c-2sc([Si](C)(C)C)c1CCCCCCCCCCCC.C[Si](C)(Cl)Cl.[B]=NS.[CH2-]CCC.[HH].[HH].[HH].[HH].[HH].[HH].[HH].[HH].[HH].[HH].[HH].[HH].[HH].[HH].[HH].[HH].[HH].[HH].[HH].[HH].[HH].[HH].[HH].[HH].[Li+]. The zero-order valence-electron chi connectivity index (χ0n) is 58.9. The van der Waals surface area contributed by atoms with Gasteiger partial charge in [0.05, 0.1) is 15.6 Å². The summed E-state index contributed by atoms with van der Waals surface area (Å²) in [7, 11) is -0.796. The molecule has 0 saturated heterocycles. The van der Waals surface area contributed by atoms with Crippen LogP contribution in [0.2, 0.25) is 58.9 Å². The molecule has 0 atom stereocenters. The number of halogens is 4. The molecule has 2 aliphatic rings. The summed E-state index contributed by atoms with van der Waals surface area (Å²) < 4.78 is 6.94. The maximum Gasteiger partial charge on any atom is 1.00 e. The van der Waals surface area contributed by atoms with Gasteiger partial charge in [0.15, 0.2) is 0 Å². The van der Waals surface area contributed by atoms with Crippen LogP contribution in [-0.4, -0.2) is 38.6 Å². The van der Waals surface area contributed by atoms with E-state index in [1.165, 1.54) is 187 Å². The number of fused-ring (bicyclic) bond motifs is 6. The van der Waals surface area contributed by atoms with E-state index in [1.807, 2.05) is 53.2 Å². The van der Waals surface area contributed by atoms with Crippen LogP contribution in [0.25, 0.3) is 31.7 Å². The number of unbranched alkanes of at least 4 members (excludes halogenated alkanes) is 19. The number of hydrogen-bond donors (Lipinski definition) is 1. The van der Waals surface area contributed by atoms with E-state index < -0.39 is 30.9 Å². The molecule has 16 heteroatoms. The Labute approximate surface area is 669 Å². The number of rotatable bonds is 26. The molecule has 6 rings (SSSR count). The molecule has 0 amide bonds. The number of aryl methyl sites for hydroxylation is 1. The zero-order chi connectivity index (χ0) is 69.3. The second kappa shape index (κ2) is 49.6. The first-order valence-electron chi connectivity index (χ1n) is 32.8. The summed E-state index contributed by atoms with van der Waals surface area (Å²) >= 11 is 29.7. The Morgan fingerprint density at radius 1 is 0.500 bits per heavy atom. The van der Waals surface area contributed by atoms with Gasteiger partial charge in [-0.1, -0.05) is 212 Å². The van der Waals surface area contributed by atoms with Gasteiger partial charge in [-0.05, 0) is 237 Å². The third kappa shape index (κ3) is 31.5. The molecule has 0 N–H and O–H groups in total. The molecule has 0 fully saturated rings. The molecule has 4 aromatic heterocycles. The van der Waals surface area contributed by atoms with E-state index in [1.54, 1.807) is 36.1 Å². The van der Waals surface area contributed by atoms with Gasteiger partial charge in [0.1, 0.15) is 16.1 Å². The van der Waals surface area contributed by atoms with Crippen molar-refractivity contribution in [3.63, 3.8) is 0 Å². The summed E-state index contributed by atoms with van der Waals surface area (Å²) in [6, 6.07) is 0. The van der Waals surface area contributed by atoms with E-state index in [0.717, 1.165) is 10.2 Å². The van der Waals surface area contributed by atoms with Crippen LogP contribution in [0.15, 0.2) is 140 Å². The molecule has 0 aromatic carbocycles. The van der Waals surface area contributed by atoms with Gasteiger partial charge in [-0.3, -0.25) is 0 Å². The van der Waals surface area contributed by atoms with E-state index in [-0.39, 0.29) is 53.1 Å². The Balaban J connectivity index is -0.0000000503. The first-order chi connectivity index (χ1) is 44.4. The number of thiophene rings is 4. The third-order valence-electron chi connectivity index (χ3n) is 15.1. The van der Waals surface area contributed by atoms with E-state index >= 15 is 0 Å². The molecule has 0 bridgehead atoms. The fourth-order valence-corrected chi connectivity index (χ4v) is 31.6. The van der Waals surface area contributed by atoms with Gasteiger partial charge in [0.2, 0.25) is 6.69 Å². The van der Waals surface area contributed by atoms with Gasteiger partial charge >= 0.3 is 43.6 Å². The van der Waals surface area contributed by atoms with Crippen LogP contribution in [-0.2, 0) is 12.8 Å². The zero-order valence-corrected chi connectivity index (χ0v) is 71.7. The first-order valence-corrected chi connectivity index (χ1v) is 52.6. The topological polar surface area (TPSA) is 12.4 Å². The molecule has 0 spiro atoms. The molecule has 0 saturated carbocycles.